The summed E-state index contributed by atoms with van der Waals surface area (Å²) in [4.78, 5) is 0. The Morgan fingerprint density at radius 2 is 1.55 bits per heavy atom. The summed E-state index contributed by atoms with van der Waals surface area (Å²) in [6, 6.07) is 20.0. The van der Waals surface area contributed by atoms with Crippen LogP contribution in [0.2, 0.25) is 0 Å². The molecule has 0 aliphatic carbocycles. The largest absolute Gasteiger partial charge is 0.392 e. The molecule has 1 saturated heterocycles. The number of aliphatic hydroxyl groups excluding tert-OH is 1. The fraction of sp³-hybridized carbons (Fsp3) is 0.417. The van der Waals surface area contributed by atoms with Crippen molar-refractivity contribution in [1.82, 2.24) is 0 Å². The molecule has 156 valence electrons. The Morgan fingerprint density at radius 1 is 0.931 bits per heavy atom. The van der Waals surface area contributed by atoms with Crippen molar-refractivity contribution in [2.24, 2.45) is 0 Å². The zero-order chi connectivity index (χ0) is 20.5. The summed E-state index contributed by atoms with van der Waals surface area (Å²) in [6.07, 6.45) is 2.50. The van der Waals surface area contributed by atoms with Crippen molar-refractivity contribution in [3.63, 3.8) is 0 Å². The summed E-state index contributed by atoms with van der Waals surface area (Å²) < 4.78 is 24.4. The van der Waals surface area contributed by atoms with Crippen molar-refractivity contribution in [3.8, 4) is 0 Å². The highest BCUT2D eigenvalue weighted by Crippen LogP contribution is 2.30. The highest BCUT2D eigenvalue weighted by Gasteiger charge is 2.43. The minimum atomic E-state index is -0.780. The molecule has 1 aliphatic rings. The first-order valence-electron chi connectivity index (χ1n) is 9.98. The molecular formula is C24H30O5. The third kappa shape index (κ3) is 6.77. The second-order valence-corrected chi connectivity index (χ2v) is 7.51. The minimum absolute atomic E-state index is 0.0538. The predicted molar refractivity (Wildman–Crippen MR) is 111 cm³/mol. The number of ether oxygens (including phenoxy) is 4. The smallest absolute Gasteiger partial charge is 0.164 e. The maximum Gasteiger partial charge on any atom is 0.164 e. The quantitative estimate of drug-likeness (QED) is 0.650. The molecule has 0 amide bonds. The van der Waals surface area contributed by atoms with Gasteiger partial charge in [-0.05, 0) is 25.0 Å². The van der Waals surface area contributed by atoms with Crippen LogP contribution >= 0.6 is 0 Å². The van der Waals surface area contributed by atoms with Crippen LogP contribution in [-0.4, -0.2) is 42.4 Å². The minimum Gasteiger partial charge on any atom is -0.392 e. The third-order valence-electron chi connectivity index (χ3n) is 4.66. The van der Waals surface area contributed by atoms with Crippen molar-refractivity contribution in [2.45, 2.75) is 51.2 Å². The van der Waals surface area contributed by atoms with Gasteiger partial charge in [-0.3, -0.25) is 0 Å². The van der Waals surface area contributed by atoms with Gasteiger partial charge in [-0.25, -0.2) is 0 Å². The van der Waals surface area contributed by atoms with Crippen LogP contribution in [0.25, 0.3) is 0 Å². The first-order valence-corrected chi connectivity index (χ1v) is 9.98. The van der Waals surface area contributed by atoms with Gasteiger partial charge >= 0.3 is 0 Å². The zero-order valence-corrected chi connectivity index (χ0v) is 17.1. The van der Waals surface area contributed by atoms with Gasteiger partial charge < -0.3 is 24.1 Å². The Morgan fingerprint density at radius 3 is 2.17 bits per heavy atom. The van der Waals surface area contributed by atoms with E-state index in [-0.39, 0.29) is 24.9 Å². The van der Waals surface area contributed by atoms with E-state index in [1.807, 2.05) is 80.6 Å². The molecule has 1 fully saturated rings. The van der Waals surface area contributed by atoms with Gasteiger partial charge in [-0.15, -0.1) is 0 Å². The summed E-state index contributed by atoms with van der Waals surface area (Å²) in [5.41, 5.74) is 2.18. The van der Waals surface area contributed by atoms with Gasteiger partial charge in [0.25, 0.3) is 0 Å². The molecule has 1 N–H and O–H groups in total. The molecule has 0 spiro atoms. The molecule has 0 bridgehead atoms. The van der Waals surface area contributed by atoms with E-state index in [0.717, 1.165) is 11.1 Å². The van der Waals surface area contributed by atoms with Gasteiger partial charge in [0.15, 0.2) is 5.79 Å². The van der Waals surface area contributed by atoms with Gasteiger partial charge in [0.2, 0.25) is 0 Å². The summed E-state index contributed by atoms with van der Waals surface area (Å²) in [5.74, 6) is -0.780. The predicted octanol–water partition coefficient (Wildman–Crippen LogP) is 3.86. The van der Waals surface area contributed by atoms with Crippen LogP contribution < -0.4 is 0 Å². The van der Waals surface area contributed by atoms with Gasteiger partial charge in [0, 0.05) is 0 Å². The van der Waals surface area contributed by atoms with Crippen LogP contribution in [0.5, 0.6) is 0 Å². The van der Waals surface area contributed by atoms with Crippen LogP contribution in [0, 0.1) is 0 Å². The van der Waals surface area contributed by atoms with Crippen LogP contribution in [0.15, 0.2) is 72.8 Å². The van der Waals surface area contributed by atoms with E-state index in [4.69, 9.17) is 18.9 Å². The first-order chi connectivity index (χ1) is 14.1. The number of benzene rings is 2. The van der Waals surface area contributed by atoms with Crippen molar-refractivity contribution in [1.29, 1.82) is 0 Å². The summed E-state index contributed by atoms with van der Waals surface area (Å²) >= 11 is 0. The zero-order valence-electron chi connectivity index (χ0n) is 17.1. The number of hydrogen-bond donors (Lipinski definition) is 1. The SMILES string of the molecule is CC1(C)O[C@@H](/C=C\CO)[C@H](OCc2ccccc2)[C@@H](COCc2ccccc2)O1. The molecule has 29 heavy (non-hydrogen) atoms. The second kappa shape index (κ2) is 10.7. The second-order valence-electron chi connectivity index (χ2n) is 7.51. The molecule has 1 aliphatic heterocycles. The highest BCUT2D eigenvalue weighted by molar-refractivity contribution is 5.14. The fourth-order valence-electron chi connectivity index (χ4n) is 3.37. The van der Waals surface area contributed by atoms with E-state index < -0.39 is 5.79 Å². The molecule has 2 aromatic rings. The van der Waals surface area contributed by atoms with Crippen molar-refractivity contribution in [3.05, 3.63) is 83.9 Å². The summed E-state index contributed by atoms with van der Waals surface area (Å²) in [6.45, 7) is 5.03. The average molecular weight is 398 g/mol. The van der Waals surface area contributed by atoms with Gasteiger partial charge in [-0.2, -0.15) is 0 Å². The Balaban J connectivity index is 1.69. The molecule has 1 heterocycles. The highest BCUT2D eigenvalue weighted by atomic mass is 16.7. The molecule has 5 nitrogen and oxygen atoms in total. The van der Waals surface area contributed by atoms with Crippen molar-refractivity contribution in [2.75, 3.05) is 13.2 Å². The summed E-state index contributed by atoms with van der Waals surface area (Å²) in [7, 11) is 0. The number of aliphatic hydroxyl groups is 1. The molecule has 0 aromatic heterocycles. The molecule has 2 aromatic carbocycles. The van der Waals surface area contributed by atoms with E-state index in [2.05, 4.69) is 0 Å². The monoisotopic (exact) mass is 398 g/mol. The molecule has 0 radical (unpaired) electrons. The summed E-state index contributed by atoms with van der Waals surface area (Å²) in [5, 5.41) is 9.22. The van der Waals surface area contributed by atoms with Gasteiger partial charge in [0.1, 0.15) is 18.3 Å². The van der Waals surface area contributed by atoms with E-state index in [1.165, 1.54) is 0 Å². The Labute approximate surface area is 172 Å². The Kier molecular flexibility index (Phi) is 7.98. The van der Waals surface area contributed by atoms with Crippen molar-refractivity contribution < 1.29 is 24.1 Å². The maximum atomic E-state index is 9.22. The maximum absolute atomic E-state index is 9.22. The van der Waals surface area contributed by atoms with Crippen LogP contribution in [-0.2, 0) is 32.2 Å². The van der Waals surface area contributed by atoms with E-state index in [1.54, 1.807) is 6.08 Å². The molecular weight excluding hydrogens is 368 g/mol. The molecule has 0 saturated carbocycles. The number of rotatable bonds is 9. The lowest BCUT2D eigenvalue weighted by Crippen LogP contribution is -2.56. The lowest BCUT2D eigenvalue weighted by molar-refractivity contribution is -0.336. The Bertz CT molecular complexity index is 744. The van der Waals surface area contributed by atoms with Crippen LogP contribution in [0.1, 0.15) is 25.0 Å². The first kappa shape index (κ1) is 21.7. The topological polar surface area (TPSA) is 57.2 Å². The number of hydrogen-bond acceptors (Lipinski definition) is 5. The van der Waals surface area contributed by atoms with Crippen LogP contribution in [0.3, 0.4) is 0 Å². The van der Waals surface area contributed by atoms with E-state index >= 15 is 0 Å². The molecule has 0 unspecified atom stereocenters. The van der Waals surface area contributed by atoms with Gasteiger partial charge in [0.05, 0.1) is 26.4 Å². The fourth-order valence-corrected chi connectivity index (χ4v) is 3.37. The van der Waals surface area contributed by atoms with Crippen LogP contribution in [0.4, 0.5) is 0 Å². The van der Waals surface area contributed by atoms with Crippen molar-refractivity contribution >= 4 is 0 Å². The molecule has 3 atom stereocenters. The molecule has 3 rings (SSSR count). The molecule has 5 heteroatoms. The standard InChI is InChI=1S/C24H30O5/c1-24(2)28-21(14-9-15-25)23(27-17-20-12-7-4-8-13-20)22(29-24)18-26-16-19-10-5-3-6-11-19/h3-14,21-23,25H,15-18H2,1-2H3/b14-9-/t21-,22+,23-/m0/s1. The van der Waals surface area contributed by atoms with E-state index in [0.29, 0.717) is 19.8 Å². The lowest BCUT2D eigenvalue weighted by atomic mass is 10.0. The Hall–Kier alpha value is -2.02. The normalized spacial score (nSPS) is 24.0. The average Bonchev–Trinajstić information content (AvgIpc) is 2.72. The van der Waals surface area contributed by atoms with E-state index in [9.17, 15) is 5.11 Å². The van der Waals surface area contributed by atoms with Gasteiger partial charge in [-0.1, -0.05) is 72.8 Å². The third-order valence-corrected chi connectivity index (χ3v) is 4.66. The lowest BCUT2D eigenvalue weighted by Gasteiger charge is -2.44.